The minimum absolute atomic E-state index is 0.129. The van der Waals surface area contributed by atoms with Gasteiger partial charge in [0, 0.05) is 15.6 Å². The van der Waals surface area contributed by atoms with E-state index >= 15 is 0 Å². The molecule has 0 saturated carbocycles. The van der Waals surface area contributed by atoms with Gasteiger partial charge < -0.3 is 9.84 Å². The minimum Gasteiger partial charge on any atom is -0.507 e. The van der Waals surface area contributed by atoms with Crippen LogP contribution in [-0.4, -0.2) is 32.8 Å². The smallest absolute Gasteiger partial charge is 0.216 e. The van der Waals surface area contributed by atoms with Crippen LogP contribution in [-0.2, 0) is 0 Å². The summed E-state index contributed by atoms with van der Waals surface area (Å²) in [5, 5.41) is 21.2. The Morgan fingerprint density at radius 1 is 1.32 bits per heavy atom. The van der Waals surface area contributed by atoms with Crippen LogP contribution in [0.4, 0.5) is 0 Å². The molecule has 0 unspecified atom stereocenters. The summed E-state index contributed by atoms with van der Waals surface area (Å²) in [6, 6.07) is 12.6. The first-order valence-electron chi connectivity index (χ1n) is 7.52. The quantitative estimate of drug-likeness (QED) is 0.476. The van der Waals surface area contributed by atoms with Gasteiger partial charge in [0.05, 0.1) is 12.8 Å². The standard InChI is InChI=1S/C17H15BrN4O2S/c1-2-24-14-6-3-11(4-7-14)16-20-21-17(25)22(16)19-10-12-9-13(18)5-8-15(12)23/h3-10,23H,2H2,1H3,(H,21,25)/b19-10+. The highest BCUT2D eigenvalue weighted by Crippen LogP contribution is 2.22. The lowest BCUT2D eigenvalue weighted by Crippen LogP contribution is -1.96. The van der Waals surface area contributed by atoms with Gasteiger partial charge in [-0.2, -0.15) is 14.9 Å². The number of phenols is 1. The molecule has 25 heavy (non-hydrogen) atoms. The van der Waals surface area contributed by atoms with Crippen LogP contribution in [0.2, 0.25) is 0 Å². The van der Waals surface area contributed by atoms with Gasteiger partial charge in [0.2, 0.25) is 4.77 Å². The number of aromatic hydroxyl groups is 1. The summed E-state index contributed by atoms with van der Waals surface area (Å²) in [5.74, 6) is 1.48. The van der Waals surface area contributed by atoms with E-state index in [0.717, 1.165) is 15.8 Å². The van der Waals surface area contributed by atoms with Crippen LogP contribution < -0.4 is 4.74 Å². The fourth-order valence-electron chi connectivity index (χ4n) is 2.20. The Kier molecular flexibility index (Phi) is 5.30. The number of benzene rings is 2. The Morgan fingerprint density at radius 3 is 2.80 bits per heavy atom. The highest BCUT2D eigenvalue weighted by Gasteiger charge is 2.09. The Bertz CT molecular complexity index is 964. The van der Waals surface area contributed by atoms with Crippen molar-refractivity contribution < 1.29 is 9.84 Å². The van der Waals surface area contributed by atoms with Crippen molar-refractivity contribution in [3.05, 3.63) is 57.3 Å². The number of halogens is 1. The summed E-state index contributed by atoms with van der Waals surface area (Å²) in [6.45, 7) is 2.55. The van der Waals surface area contributed by atoms with Gasteiger partial charge in [-0.05, 0) is 61.6 Å². The molecule has 6 nitrogen and oxygen atoms in total. The van der Waals surface area contributed by atoms with E-state index in [-0.39, 0.29) is 5.75 Å². The number of nitrogens with zero attached hydrogens (tertiary/aromatic N) is 3. The van der Waals surface area contributed by atoms with Crippen molar-refractivity contribution >= 4 is 34.4 Å². The molecule has 0 fully saturated rings. The largest absolute Gasteiger partial charge is 0.507 e. The van der Waals surface area contributed by atoms with Crippen LogP contribution in [0.3, 0.4) is 0 Å². The lowest BCUT2D eigenvalue weighted by atomic mass is 10.2. The lowest BCUT2D eigenvalue weighted by molar-refractivity contribution is 0.340. The van der Waals surface area contributed by atoms with E-state index in [9.17, 15) is 5.11 Å². The van der Waals surface area contributed by atoms with Gasteiger partial charge in [-0.1, -0.05) is 15.9 Å². The SMILES string of the molecule is CCOc1ccc(-c2n[nH]c(=S)n2/N=C/c2cc(Br)ccc2O)cc1. The Morgan fingerprint density at radius 2 is 2.08 bits per heavy atom. The molecule has 1 heterocycles. The Labute approximate surface area is 157 Å². The number of rotatable bonds is 5. The average Bonchev–Trinajstić information content (AvgIpc) is 2.97. The molecule has 0 atom stereocenters. The minimum atomic E-state index is 0.129. The highest BCUT2D eigenvalue weighted by atomic mass is 79.9. The van der Waals surface area contributed by atoms with E-state index in [0.29, 0.717) is 22.8 Å². The topological polar surface area (TPSA) is 75.4 Å². The molecule has 0 bridgehead atoms. The number of hydrogen-bond acceptors (Lipinski definition) is 5. The van der Waals surface area contributed by atoms with Crippen molar-refractivity contribution in [2.24, 2.45) is 5.10 Å². The van der Waals surface area contributed by atoms with Gasteiger partial charge in [0.25, 0.3) is 0 Å². The molecule has 0 amide bonds. The second-order valence-corrected chi connectivity index (χ2v) is 6.37. The maximum atomic E-state index is 9.92. The summed E-state index contributed by atoms with van der Waals surface area (Å²) in [4.78, 5) is 0. The maximum Gasteiger partial charge on any atom is 0.216 e. The number of hydrogen-bond donors (Lipinski definition) is 2. The number of aromatic nitrogens is 3. The molecule has 0 aliphatic heterocycles. The lowest BCUT2D eigenvalue weighted by Gasteiger charge is -2.05. The normalized spacial score (nSPS) is 11.1. The van der Waals surface area contributed by atoms with Crippen molar-refractivity contribution in [1.82, 2.24) is 14.9 Å². The third-order valence-electron chi connectivity index (χ3n) is 3.38. The number of ether oxygens (including phenoxy) is 1. The molecular formula is C17H15BrN4O2S. The van der Waals surface area contributed by atoms with Gasteiger partial charge in [0.15, 0.2) is 5.82 Å². The van der Waals surface area contributed by atoms with Gasteiger partial charge in [0.1, 0.15) is 11.5 Å². The second kappa shape index (κ2) is 7.62. The average molecular weight is 419 g/mol. The van der Waals surface area contributed by atoms with Gasteiger partial charge >= 0.3 is 0 Å². The molecule has 0 saturated heterocycles. The van der Waals surface area contributed by atoms with Crippen LogP contribution in [0, 0.1) is 4.77 Å². The van der Waals surface area contributed by atoms with Gasteiger partial charge in [-0.25, -0.2) is 5.10 Å². The summed E-state index contributed by atoms with van der Waals surface area (Å²) < 4.78 is 8.15. The second-order valence-electron chi connectivity index (χ2n) is 5.07. The van der Waals surface area contributed by atoms with Gasteiger partial charge in [-0.3, -0.25) is 0 Å². The first kappa shape index (κ1) is 17.4. The van der Waals surface area contributed by atoms with E-state index in [1.807, 2.05) is 31.2 Å². The summed E-state index contributed by atoms with van der Waals surface area (Å²) in [6.07, 6.45) is 1.53. The zero-order valence-electron chi connectivity index (χ0n) is 13.3. The van der Waals surface area contributed by atoms with Crippen molar-refractivity contribution in [2.75, 3.05) is 6.61 Å². The molecule has 8 heteroatoms. The maximum absolute atomic E-state index is 9.92. The van der Waals surface area contributed by atoms with E-state index in [1.165, 1.54) is 10.9 Å². The molecule has 0 aliphatic rings. The molecule has 1 aromatic heterocycles. The van der Waals surface area contributed by atoms with Crippen LogP contribution >= 0.6 is 28.1 Å². The monoisotopic (exact) mass is 418 g/mol. The van der Waals surface area contributed by atoms with Crippen molar-refractivity contribution in [3.63, 3.8) is 0 Å². The van der Waals surface area contributed by atoms with E-state index in [1.54, 1.807) is 18.2 Å². The van der Waals surface area contributed by atoms with Crippen molar-refractivity contribution in [1.29, 1.82) is 0 Å². The van der Waals surface area contributed by atoms with Crippen LogP contribution in [0.15, 0.2) is 52.0 Å². The Hall–Kier alpha value is -2.45. The zero-order valence-corrected chi connectivity index (χ0v) is 15.7. The highest BCUT2D eigenvalue weighted by molar-refractivity contribution is 9.10. The molecule has 0 aliphatic carbocycles. The molecule has 0 radical (unpaired) electrons. The van der Waals surface area contributed by atoms with E-state index in [4.69, 9.17) is 17.0 Å². The molecule has 3 rings (SSSR count). The first-order valence-corrected chi connectivity index (χ1v) is 8.72. The molecule has 3 aromatic rings. The first-order chi connectivity index (χ1) is 12.1. The predicted octanol–water partition coefficient (Wildman–Crippen LogP) is 4.36. The molecule has 0 spiro atoms. The van der Waals surface area contributed by atoms with Crippen LogP contribution in [0.25, 0.3) is 11.4 Å². The van der Waals surface area contributed by atoms with Crippen molar-refractivity contribution in [3.8, 4) is 22.9 Å². The fourth-order valence-corrected chi connectivity index (χ4v) is 2.76. The number of nitrogens with one attached hydrogen (secondary N) is 1. The third kappa shape index (κ3) is 3.97. The predicted molar refractivity (Wildman–Crippen MR) is 103 cm³/mol. The van der Waals surface area contributed by atoms with E-state index in [2.05, 4.69) is 31.2 Å². The fraction of sp³-hybridized carbons (Fsp3) is 0.118. The Balaban J connectivity index is 1.95. The van der Waals surface area contributed by atoms with Crippen LogP contribution in [0.5, 0.6) is 11.5 Å². The van der Waals surface area contributed by atoms with Crippen molar-refractivity contribution in [2.45, 2.75) is 6.92 Å². The third-order valence-corrected chi connectivity index (χ3v) is 4.13. The number of phenolic OH excluding ortho intramolecular Hbond substituents is 1. The zero-order chi connectivity index (χ0) is 17.8. The summed E-state index contributed by atoms with van der Waals surface area (Å²) in [7, 11) is 0. The molecule has 128 valence electrons. The number of H-pyrrole nitrogens is 1. The molecule has 2 N–H and O–H groups in total. The van der Waals surface area contributed by atoms with Crippen LogP contribution in [0.1, 0.15) is 12.5 Å². The molecular weight excluding hydrogens is 404 g/mol. The van der Waals surface area contributed by atoms with E-state index < -0.39 is 0 Å². The molecule has 2 aromatic carbocycles. The summed E-state index contributed by atoms with van der Waals surface area (Å²) >= 11 is 8.62. The van der Waals surface area contributed by atoms with Gasteiger partial charge in [-0.15, -0.1) is 0 Å². The summed E-state index contributed by atoms with van der Waals surface area (Å²) in [5.41, 5.74) is 1.40. The number of aromatic amines is 1.